The number of benzene rings is 2. The van der Waals surface area contributed by atoms with Gasteiger partial charge in [-0.25, -0.2) is 19.9 Å². The Kier molecular flexibility index (Phi) is 18.2. The van der Waals surface area contributed by atoms with Crippen molar-refractivity contribution in [2.45, 2.75) is 184 Å². The van der Waals surface area contributed by atoms with Crippen molar-refractivity contribution in [3.8, 4) is 0 Å². The van der Waals surface area contributed by atoms with Crippen LogP contribution in [-0.4, -0.2) is 19.9 Å². The van der Waals surface area contributed by atoms with Gasteiger partial charge >= 0.3 is 0 Å². The minimum absolute atomic E-state index is 0.627. The number of halogens is 2. The molecule has 52 heavy (non-hydrogen) atoms. The highest BCUT2D eigenvalue weighted by molar-refractivity contribution is 9.11. The fourth-order valence-electron chi connectivity index (χ4n) is 8.18. The van der Waals surface area contributed by atoms with Gasteiger partial charge in [0.15, 0.2) is 0 Å². The highest BCUT2D eigenvalue weighted by atomic mass is 79.9. The zero-order chi connectivity index (χ0) is 37.6. The number of rotatable bonds is 24. The van der Waals surface area contributed by atoms with Gasteiger partial charge in [0.25, 0.3) is 0 Å². The number of fused-ring (bicyclic) bond motifs is 5. The summed E-state index contributed by atoms with van der Waals surface area (Å²) < 4.78 is 2.01. The number of nitrogens with zero attached hydrogens (tertiary/aromatic N) is 4. The first-order valence-electron chi connectivity index (χ1n) is 21.5. The summed E-state index contributed by atoms with van der Waals surface area (Å²) >= 11 is 8.04. The van der Waals surface area contributed by atoms with E-state index in [1.807, 2.05) is 0 Å². The number of hydrogen-bond acceptors (Lipinski definition) is 4. The van der Waals surface area contributed by atoms with E-state index in [9.17, 15) is 0 Å². The van der Waals surface area contributed by atoms with Crippen LogP contribution in [0.3, 0.4) is 0 Å². The van der Waals surface area contributed by atoms with Gasteiger partial charge < -0.3 is 0 Å². The molecule has 0 N–H and O–H groups in total. The molecule has 4 aromatic rings. The zero-order valence-electron chi connectivity index (χ0n) is 34.2. The molecule has 0 saturated heterocycles. The van der Waals surface area contributed by atoms with Gasteiger partial charge in [-0.05, 0) is 93.3 Å². The quantitative estimate of drug-likeness (QED) is 0.0660. The normalized spacial score (nSPS) is 14.4. The Morgan fingerprint density at radius 1 is 0.404 bits per heavy atom. The molecule has 4 nitrogen and oxygen atoms in total. The van der Waals surface area contributed by atoms with Crippen LogP contribution in [0.2, 0.25) is 0 Å². The highest BCUT2D eigenvalue weighted by Crippen LogP contribution is 2.39. The van der Waals surface area contributed by atoms with Gasteiger partial charge in [-0.2, -0.15) is 0 Å². The van der Waals surface area contributed by atoms with Crippen molar-refractivity contribution in [1.29, 1.82) is 0 Å². The summed E-state index contributed by atoms with van der Waals surface area (Å²) in [5.41, 5.74) is 8.77. The third-order valence-corrected chi connectivity index (χ3v) is 13.2. The monoisotopic (exact) mass is 836 g/mol. The molecule has 0 bridgehead atoms. The lowest BCUT2D eigenvalue weighted by atomic mass is 9.89. The van der Waals surface area contributed by atoms with Crippen LogP contribution < -0.4 is 0 Å². The fourth-order valence-corrected chi connectivity index (χ4v) is 9.19. The van der Waals surface area contributed by atoms with E-state index in [-0.39, 0.29) is 0 Å². The Labute approximate surface area is 334 Å². The molecule has 0 amide bonds. The summed E-state index contributed by atoms with van der Waals surface area (Å²) in [6.45, 7) is 18.6. The van der Waals surface area contributed by atoms with Crippen molar-refractivity contribution >= 4 is 64.7 Å². The SMILES string of the molecule is CCCCC(CC)Cc1nc2c(Br)cc3c(cc(Br)c4nc(CC(CC)CCCC)c(CC(CC)CCCC)nc43)c2nc1CC(CC)CCCC. The molecule has 0 aliphatic carbocycles. The molecule has 0 aliphatic heterocycles. The molecule has 4 rings (SSSR count). The fraction of sp³-hybridized carbons (Fsp3) is 0.696. The van der Waals surface area contributed by atoms with E-state index in [1.165, 1.54) is 126 Å². The van der Waals surface area contributed by atoms with Gasteiger partial charge in [-0.3, -0.25) is 0 Å². The molecule has 2 heterocycles. The van der Waals surface area contributed by atoms with Gasteiger partial charge in [0.05, 0.1) is 33.8 Å². The first-order chi connectivity index (χ1) is 25.2. The van der Waals surface area contributed by atoms with E-state index in [1.54, 1.807) is 0 Å². The second-order valence-corrected chi connectivity index (χ2v) is 17.6. The first-order valence-corrected chi connectivity index (χ1v) is 23.1. The van der Waals surface area contributed by atoms with Crippen LogP contribution in [-0.2, 0) is 25.7 Å². The second-order valence-electron chi connectivity index (χ2n) is 15.9. The van der Waals surface area contributed by atoms with Crippen LogP contribution >= 0.6 is 31.9 Å². The van der Waals surface area contributed by atoms with Gasteiger partial charge in [0, 0.05) is 19.7 Å². The summed E-state index contributed by atoms with van der Waals surface area (Å²) in [6, 6.07) is 4.52. The van der Waals surface area contributed by atoms with Crippen molar-refractivity contribution < 1.29 is 0 Å². The molecule has 288 valence electrons. The molecule has 4 atom stereocenters. The Hall–Kier alpha value is -1.66. The Bertz CT molecular complexity index is 1580. The maximum atomic E-state index is 5.63. The van der Waals surface area contributed by atoms with Crippen LogP contribution in [0.5, 0.6) is 0 Å². The molecule has 0 saturated carbocycles. The lowest BCUT2D eigenvalue weighted by Crippen LogP contribution is -2.14. The third-order valence-electron chi connectivity index (χ3n) is 12.0. The van der Waals surface area contributed by atoms with Crippen LogP contribution in [0.4, 0.5) is 0 Å². The largest absolute Gasteiger partial charge is 0.249 e. The van der Waals surface area contributed by atoms with Crippen LogP contribution in [0.1, 0.15) is 181 Å². The lowest BCUT2D eigenvalue weighted by Gasteiger charge is -2.21. The molecule has 4 unspecified atom stereocenters. The standard InChI is InChI=1S/C46H70Br2N4/c1-9-17-21-31(13-5)25-39-41(27-33(15-7)23-19-11-3)51-45-37(47)30-36-35(43(45)49-39)29-38(48)46-44(36)50-40(26-32(14-6)22-18-10-2)42(52-46)28-34(16-8)24-20-12-4/h29-34H,9-28H2,1-8H3. The predicted octanol–water partition coefficient (Wildman–Crippen LogP) is 15.3. The van der Waals surface area contributed by atoms with Gasteiger partial charge in [-0.1, -0.05) is 158 Å². The molecule has 2 aromatic heterocycles. The van der Waals surface area contributed by atoms with Crippen LogP contribution in [0.25, 0.3) is 32.8 Å². The number of unbranched alkanes of at least 4 members (excludes halogenated alkanes) is 4. The summed E-state index contributed by atoms with van der Waals surface area (Å²) in [4.78, 5) is 22.3. The summed E-state index contributed by atoms with van der Waals surface area (Å²) in [7, 11) is 0. The molecular weight excluding hydrogens is 768 g/mol. The predicted molar refractivity (Wildman–Crippen MR) is 234 cm³/mol. The van der Waals surface area contributed by atoms with Crippen molar-refractivity contribution in [1.82, 2.24) is 19.9 Å². The minimum atomic E-state index is 0.627. The van der Waals surface area contributed by atoms with Gasteiger partial charge in [0.2, 0.25) is 0 Å². The maximum Gasteiger partial charge on any atom is 0.104 e. The van der Waals surface area contributed by atoms with Crippen molar-refractivity contribution in [2.24, 2.45) is 23.7 Å². The molecular formula is C46H70Br2N4. The van der Waals surface area contributed by atoms with Crippen LogP contribution in [0, 0.1) is 23.7 Å². The van der Waals surface area contributed by atoms with E-state index < -0.39 is 0 Å². The smallest absolute Gasteiger partial charge is 0.104 e. The Balaban J connectivity index is 1.96. The van der Waals surface area contributed by atoms with Crippen LogP contribution in [0.15, 0.2) is 21.1 Å². The van der Waals surface area contributed by atoms with Crippen molar-refractivity contribution in [2.75, 3.05) is 0 Å². The highest BCUT2D eigenvalue weighted by Gasteiger charge is 2.23. The van der Waals surface area contributed by atoms with E-state index in [4.69, 9.17) is 19.9 Å². The van der Waals surface area contributed by atoms with Crippen molar-refractivity contribution in [3.63, 3.8) is 0 Å². The number of hydrogen-bond donors (Lipinski definition) is 0. The van der Waals surface area contributed by atoms with Gasteiger partial charge in [0.1, 0.15) is 11.0 Å². The van der Waals surface area contributed by atoms with Crippen molar-refractivity contribution in [3.05, 3.63) is 43.9 Å². The molecule has 0 aliphatic rings. The summed E-state index contributed by atoms with van der Waals surface area (Å²) in [5, 5.41) is 2.25. The zero-order valence-corrected chi connectivity index (χ0v) is 37.3. The van der Waals surface area contributed by atoms with E-state index in [0.717, 1.165) is 67.5 Å². The topological polar surface area (TPSA) is 51.6 Å². The first kappa shape index (κ1) is 43.1. The van der Waals surface area contributed by atoms with E-state index in [0.29, 0.717) is 23.7 Å². The molecule has 2 aromatic carbocycles. The average molecular weight is 839 g/mol. The Morgan fingerprint density at radius 3 is 0.885 bits per heavy atom. The van der Waals surface area contributed by atoms with E-state index in [2.05, 4.69) is 99.4 Å². The number of aromatic nitrogens is 4. The minimum Gasteiger partial charge on any atom is -0.249 e. The Morgan fingerprint density at radius 2 is 0.654 bits per heavy atom. The van der Waals surface area contributed by atoms with Gasteiger partial charge in [-0.15, -0.1) is 0 Å². The summed E-state index contributed by atoms with van der Waals surface area (Å²) in [6.07, 6.45) is 23.8. The molecule has 0 fully saturated rings. The lowest BCUT2D eigenvalue weighted by molar-refractivity contribution is 0.427. The molecule has 6 heteroatoms. The average Bonchev–Trinajstić information content (AvgIpc) is 3.15. The maximum absolute atomic E-state index is 5.63. The molecule has 0 spiro atoms. The van der Waals surface area contributed by atoms with E-state index >= 15 is 0 Å². The third kappa shape index (κ3) is 11.2. The summed E-state index contributed by atoms with van der Waals surface area (Å²) in [5.74, 6) is 2.53. The second kappa shape index (κ2) is 22.0. The molecule has 0 radical (unpaired) electrons.